The molecule has 0 aromatic heterocycles. The van der Waals surface area contributed by atoms with Gasteiger partial charge < -0.3 is 9.47 Å². The van der Waals surface area contributed by atoms with Crippen molar-refractivity contribution in [2.75, 3.05) is 0 Å². The monoisotopic (exact) mass is 392 g/mol. The Hall–Kier alpha value is -0.0800. The van der Waals surface area contributed by atoms with Crippen LogP contribution in [0.4, 0.5) is 0 Å². The molecule has 2 heterocycles. The molecule has 4 atom stereocenters. The molecule has 2 nitrogen and oxygen atoms in total. The van der Waals surface area contributed by atoms with Crippen LogP contribution in [0.5, 0.6) is 0 Å². The maximum atomic E-state index is 6.03. The van der Waals surface area contributed by atoms with E-state index in [0.29, 0.717) is 18.3 Å². The van der Waals surface area contributed by atoms with Crippen LogP contribution in [0.15, 0.2) is 0 Å². The molecule has 164 valence electrons. The lowest BCUT2D eigenvalue weighted by Gasteiger charge is -2.14. The molecular formula is C26H48O2. The normalized spacial score (nSPS) is 31.0. The van der Waals surface area contributed by atoms with Gasteiger partial charge in [-0.2, -0.15) is 0 Å². The molecule has 0 aromatic carbocycles. The van der Waals surface area contributed by atoms with Crippen molar-refractivity contribution in [2.45, 2.75) is 166 Å². The van der Waals surface area contributed by atoms with Gasteiger partial charge in [-0.05, 0) is 19.3 Å². The number of rotatable bonds is 18. The molecule has 3 fully saturated rings. The summed E-state index contributed by atoms with van der Waals surface area (Å²) < 4.78 is 12.0. The molecule has 2 heteroatoms. The number of ether oxygens (including phenoxy) is 2. The Morgan fingerprint density at radius 3 is 1.75 bits per heavy atom. The van der Waals surface area contributed by atoms with E-state index in [1.165, 1.54) is 135 Å². The van der Waals surface area contributed by atoms with Gasteiger partial charge in [0.05, 0.1) is 12.2 Å². The highest BCUT2D eigenvalue weighted by molar-refractivity contribution is 5.16. The van der Waals surface area contributed by atoms with Gasteiger partial charge in [0.15, 0.2) is 0 Å². The molecule has 0 spiro atoms. The molecule has 0 aromatic rings. The molecule has 2 aliphatic heterocycles. The van der Waals surface area contributed by atoms with Gasteiger partial charge in [0.25, 0.3) is 0 Å². The van der Waals surface area contributed by atoms with Crippen LogP contribution in [0.1, 0.15) is 142 Å². The van der Waals surface area contributed by atoms with Crippen molar-refractivity contribution < 1.29 is 9.47 Å². The maximum Gasteiger partial charge on any atom is 0.123 e. The number of unbranched alkanes of at least 4 members (excludes halogenated alkanes) is 15. The van der Waals surface area contributed by atoms with E-state index in [4.69, 9.17) is 9.47 Å². The highest BCUT2D eigenvalue weighted by atomic mass is 16.7. The maximum absolute atomic E-state index is 6.03. The van der Waals surface area contributed by atoms with Gasteiger partial charge in [0.1, 0.15) is 11.7 Å². The largest absolute Gasteiger partial charge is 0.366 e. The summed E-state index contributed by atoms with van der Waals surface area (Å²) >= 11 is 0. The highest BCUT2D eigenvalue weighted by Crippen LogP contribution is 2.57. The van der Waals surface area contributed by atoms with E-state index in [-0.39, 0.29) is 5.60 Å². The van der Waals surface area contributed by atoms with Crippen LogP contribution in [0.2, 0.25) is 0 Å². The summed E-state index contributed by atoms with van der Waals surface area (Å²) in [6.45, 7) is 2.30. The first kappa shape index (κ1) is 22.6. The van der Waals surface area contributed by atoms with Gasteiger partial charge >= 0.3 is 0 Å². The standard InChI is InChI=1S/C26H48O2/c1-2-3-4-5-6-7-8-9-10-11-12-13-14-15-16-17-20-23-25(27-23)26-22-19-18-21-24(26)28-26/h23-25H,2-22H2,1H3. The number of epoxide rings is 2. The van der Waals surface area contributed by atoms with E-state index in [9.17, 15) is 0 Å². The minimum absolute atomic E-state index is 0.192. The first-order valence-electron chi connectivity index (χ1n) is 13.2. The second-order valence-corrected chi connectivity index (χ2v) is 9.99. The predicted octanol–water partition coefficient (Wildman–Crippen LogP) is 8.12. The van der Waals surface area contributed by atoms with E-state index in [1.807, 2.05) is 0 Å². The van der Waals surface area contributed by atoms with Crippen LogP contribution < -0.4 is 0 Å². The molecule has 0 radical (unpaired) electrons. The zero-order chi connectivity index (χ0) is 19.5. The fraction of sp³-hybridized carbons (Fsp3) is 1.00. The molecule has 2 saturated heterocycles. The van der Waals surface area contributed by atoms with Gasteiger partial charge in [-0.1, -0.05) is 122 Å². The quantitative estimate of drug-likeness (QED) is 0.174. The van der Waals surface area contributed by atoms with E-state index in [2.05, 4.69) is 6.92 Å². The zero-order valence-corrected chi connectivity index (χ0v) is 18.9. The molecule has 1 saturated carbocycles. The summed E-state index contributed by atoms with van der Waals surface area (Å²) in [6, 6.07) is 0. The molecule has 3 aliphatic rings. The third-order valence-electron chi connectivity index (χ3n) is 7.54. The molecule has 4 unspecified atom stereocenters. The van der Waals surface area contributed by atoms with Crippen molar-refractivity contribution in [2.24, 2.45) is 0 Å². The summed E-state index contributed by atoms with van der Waals surface area (Å²) in [4.78, 5) is 0. The Balaban J connectivity index is 1.02. The summed E-state index contributed by atoms with van der Waals surface area (Å²) in [5.74, 6) is 0. The van der Waals surface area contributed by atoms with Crippen LogP contribution >= 0.6 is 0 Å². The van der Waals surface area contributed by atoms with Crippen LogP contribution in [0.3, 0.4) is 0 Å². The minimum atomic E-state index is 0.192. The van der Waals surface area contributed by atoms with Crippen molar-refractivity contribution in [1.29, 1.82) is 0 Å². The summed E-state index contributed by atoms with van der Waals surface area (Å²) in [5.41, 5.74) is 0.192. The van der Waals surface area contributed by atoms with Gasteiger partial charge in [-0.15, -0.1) is 0 Å². The van der Waals surface area contributed by atoms with E-state index in [0.717, 1.165) is 0 Å². The summed E-state index contributed by atoms with van der Waals surface area (Å²) in [5, 5.41) is 0. The van der Waals surface area contributed by atoms with Crippen LogP contribution in [0.25, 0.3) is 0 Å². The Morgan fingerprint density at radius 1 is 0.679 bits per heavy atom. The second kappa shape index (κ2) is 12.6. The van der Waals surface area contributed by atoms with Gasteiger partial charge in [-0.25, -0.2) is 0 Å². The lowest BCUT2D eigenvalue weighted by molar-refractivity contribution is 0.222. The van der Waals surface area contributed by atoms with Crippen molar-refractivity contribution in [1.82, 2.24) is 0 Å². The Morgan fingerprint density at radius 2 is 1.21 bits per heavy atom. The summed E-state index contributed by atoms with van der Waals surface area (Å²) in [7, 11) is 0. The van der Waals surface area contributed by atoms with Crippen molar-refractivity contribution in [3.05, 3.63) is 0 Å². The highest BCUT2D eigenvalue weighted by Gasteiger charge is 2.69. The number of fused-ring (bicyclic) bond motifs is 1. The average Bonchev–Trinajstić information content (AvgIpc) is 3.61. The third kappa shape index (κ3) is 7.31. The van der Waals surface area contributed by atoms with Gasteiger partial charge in [-0.3, -0.25) is 0 Å². The van der Waals surface area contributed by atoms with E-state index >= 15 is 0 Å². The number of hydrogen-bond acceptors (Lipinski definition) is 2. The predicted molar refractivity (Wildman–Crippen MR) is 119 cm³/mol. The van der Waals surface area contributed by atoms with E-state index < -0.39 is 0 Å². The molecule has 28 heavy (non-hydrogen) atoms. The second-order valence-electron chi connectivity index (χ2n) is 9.99. The van der Waals surface area contributed by atoms with Gasteiger partial charge in [0.2, 0.25) is 0 Å². The average molecular weight is 393 g/mol. The smallest absolute Gasteiger partial charge is 0.123 e. The summed E-state index contributed by atoms with van der Waals surface area (Å²) in [6.07, 6.45) is 31.2. The van der Waals surface area contributed by atoms with Crippen molar-refractivity contribution in [3.63, 3.8) is 0 Å². The topological polar surface area (TPSA) is 25.1 Å². The molecular weight excluding hydrogens is 344 g/mol. The Labute approximate surface area is 175 Å². The van der Waals surface area contributed by atoms with Gasteiger partial charge in [0, 0.05) is 0 Å². The molecule has 1 aliphatic carbocycles. The van der Waals surface area contributed by atoms with Crippen molar-refractivity contribution in [3.8, 4) is 0 Å². The zero-order valence-electron chi connectivity index (χ0n) is 18.9. The lowest BCUT2D eigenvalue weighted by Crippen LogP contribution is -2.27. The molecule has 0 N–H and O–H groups in total. The third-order valence-corrected chi connectivity index (χ3v) is 7.54. The lowest BCUT2D eigenvalue weighted by atomic mass is 9.85. The molecule has 3 rings (SSSR count). The van der Waals surface area contributed by atoms with Crippen LogP contribution in [-0.2, 0) is 9.47 Å². The Bertz CT molecular complexity index is 409. The first-order valence-corrected chi connectivity index (χ1v) is 13.2. The van der Waals surface area contributed by atoms with Crippen LogP contribution in [-0.4, -0.2) is 23.9 Å². The van der Waals surface area contributed by atoms with Crippen molar-refractivity contribution >= 4 is 0 Å². The van der Waals surface area contributed by atoms with Crippen LogP contribution in [0, 0.1) is 0 Å². The molecule has 0 bridgehead atoms. The number of hydrogen-bond donors (Lipinski definition) is 0. The van der Waals surface area contributed by atoms with E-state index in [1.54, 1.807) is 0 Å². The SMILES string of the molecule is CCCCCCCCCCCCCCCCCCC1OC1C12CCCCC1O2. The molecule has 0 amide bonds. The fourth-order valence-electron chi connectivity index (χ4n) is 5.56. The Kier molecular flexibility index (Phi) is 10.2. The first-order chi connectivity index (χ1) is 13.9. The fourth-order valence-corrected chi connectivity index (χ4v) is 5.56. The minimum Gasteiger partial charge on any atom is -0.366 e.